The minimum atomic E-state index is -4.95. The smallest absolute Gasteiger partial charge is 0.417 e. The summed E-state index contributed by atoms with van der Waals surface area (Å²) in [6.07, 6.45) is -3.53. The summed E-state index contributed by atoms with van der Waals surface area (Å²) in [7, 11) is 0. The lowest BCUT2D eigenvalue weighted by molar-refractivity contribution is -0.266. The Morgan fingerprint density at radius 2 is 1.86 bits per heavy atom. The zero-order valence-electron chi connectivity index (χ0n) is 20.3. The molecule has 0 spiro atoms. The topological polar surface area (TPSA) is 79.1 Å². The molecule has 9 heteroatoms. The van der Waals surface area contributed by atoms with Crippen molar-refractivity contribution in [1.82, 2.24) is 9.97 Å². The molecule has 0 bridgehead atoms. The summed E-state index contributed by atoms with van der Waals surface area (Å²) >= 11 is 0. The van der Waals surface area contributed by atoms with Crippen LogP contribution in [0.4, 0.5) is 17.6 Å². The average molecular weight is 503 g/mol. The number of nitrogens with one attached hydrogen (secondary N) is 1. The number of furan rings is 1. The maximum absolute atomic E-state index is 14.2. The zero-order valence-corrected chi connectivity index (χ0v) is 20.3. The van der Waals surface area contributed by atoms with Gasteiger partial charge in [0.25, 0.3) is 0 Å². The number of alkyl halides is 3. The Hall–Kier alpha value is -3.46. The Morgan fingerprint density at radius 1 is 1.14 bits per heavy atom. The molecule has 1 unspecified atom stereocenters. The molecule has 2 N–H and O–H groups in total. The molecular formula is C27H26F4N2O3. The van der Waals surface area contributed by atoms with Crippen LogP contribution in [0.25, 0.3) is 22.2 Å². The first kappa shape index (κ1) is 25.6. The second-order valence-electron chi connectivity index (χ2n) is 9.90. The quantitative estimate of drug-likeness (QED) is 0.218. The van der Waals surface area contributed by atoms with E-state index in [1.165, 1.54) is 43.6 Å². The van der Waals surface area contributed by atoms with Crippen LogP contribution in [0, 0.1) is 12.7 Å². The van der Waals surface area contributed by atoms with Crippen molar-refractivity contribution in [2.24, 2.45) is 0 Å². The van der Waals surface area contributed by atoms with Gasteiger partial charge in [0.05, 0.1) is 23.7 Å². The third-order valence-electron chi connectivity index (χ3n) is 6.50. The fourth-order valence-electron chi connectivity index (χ4n) is 4.85. The second-order valence-corrected chi connectivity index (χ2v) is 9.90. The van der Waals surface area contributed by atoms with Crippen LogP contribution in [0.1, 0.15) is 54.6 Å². The fraction of sp³-hybridized carbons (Fsp3) is 0.333. The molecule has 190 valence electrons. The van der Waals surface area contributed by atoms with Crippen LogP contribution in [-0.2, 0) is 11.8 Å². The Bertz CT molecular complexity index is 1430. The first-order chi connectivity index (χ1) is 16.7. The highest BCUT2D eigenvalue weighted by Gasteiger charge is 2.56. The van der Waals surface area contributed by atoms with E-state index in [4.69, 9.17) is 4.42 Å². The van der Waals surface area contributed by atoms with Crippen LogP contribution in [-0.4, -0.2) is 32.6 Å². The Balaban J connectivity index is 1.68. The number of aliphatic hydroxyl groups is 1. The molecule has 0 fully saturated rings. The number of hydrogen-bond acceptors (Lipinski definition) is 4. The normalized spacial score (nSPS) is 14.2. The van der Waals surface area contributed by atoms with Crippen molar-refractivity contribution in [3.63, 3.8) is 0 Å². The van der Waals surface area contributed by atoms with E-state index in [9.17, 15) is 27.5 Å². The molecule has 0 amide bonds. The molecule has 1 aromatic carbocycles. The number of hydrogen-bond donors (Lipinski definition) is 2. The van der Waals surface area contributed by atoms with E-state index in [2.05, 4.69) is 9.97 Å². The molecule has 5 nitrogen and oxygen atoms in total. The minimum Gasteiger partial charge on any atom is -0.461 e. The minimum absolute atomic E-state index is 0.138. The maximum atomic E-state index is 14.2. The van der Waals surface area contributed by atoms with E-state index in [1.54, 1.807) is 32.9 Å². The molecule has 0 saturated carbocycles. The number of nitrogens with zero attached hydrogens (tertiary/aromatic N) is 1. The molecular weight excluding hydrogens is 476 g/mol. The van der Waals surface area contributed by atoms with Crippen molar-refractivity contribution in [2.75, 3.05) is 0 Å². The van der Waals surface area contributed by atoms with Crippen molar-refractivity contribution in [3.05, 3.63) is 77.3 Å². The van der Waals surface area contributed by atoms with Gasteiger partial charge in [-0.05, 0) is 60.2 Å². The number of fused-ring (bicyclic) bond motifs is 1. The summed E-state index contributed by atoms with van der Waals surface area (Å²) in [5, 5.41) is 11.5. The monoisotopic (exact) mass is 502 g/mol. The lowest BCUT2D eigenvalue weighted by Gasteiger charge is -2.38. The zero-order chi connectivity index (χ0) is 26.5. The van der Waals surface area contributed by atoms with Crippen LogP contribution in [0.5, 0.6) is 0 Å². The van der Waals surface area contributed by atoms with Gasteiger partial charge in [-0.3, -0.25) is 9.78 Å². The molecule has 0 radical (unpaired) electrons. The standard InChI is InChI=1S/C27H26F4N2O3/c1-15-5-6-18(28)11-21(15)25(3,4)14-26(35,27(29,30)31)12-19-9-17-10-22(32-13-23(17)33-19)20-7-8-36-24(20)16(2)34/h5-11,13,33,35H,12,14H2,1-4H3. The molecule has 0 aliphatic heterocycles. The molecule has 3 heterocycles. The van der Waals surface area contributed by atoms with Crippen molar-refractivity contribution >= 4 is 16.7 Å². The van der Waals surface area contributed by atoms with Gasteiger partial charge in [-0.2, -0.15) is 13.2 Å². The third-order valence-corrected chi connectivity index (χ3v) is 6.50. The number of aryl methyl sites for hydroxylation is 1. The molecule has 0 saturated heterocycles. The van der Waals surface area contributed by atoms with Gasteiger partial charge in [0.2, 0.25) is 0 Å². The van der Waals surface area contributed by atoms with E-state index in [0.29, 0.717) is 33.3 Å². The van der Waals surface area contributed by atoms with E-state index in [-0.39, 0.29) is 17.2 Å². The second kappa shape index (κ2) is 8.89. The van der Waals surface area contributed by atoms with Crippen LogP contribution >= 0.6 is 0 Å². The third kappa shape index (κ3) is 4.80. The predicted octanol–water partition coefficient (Wildman–Crippen LogP) is 6.68. The maximum Gasteiger partial charge on any atom is 0.417 e. The molecule has 1 atom stereocenters. The Labute approximate surface area is 205 Å². The first-order valence-corrected chi connectivity index (χ1v) is 11.3. The average Bonchev–Trinajstić information content (AvgIpc) is 3.40. The number of carbonyl (C=O) groups is 1. The van der Waals surface area contributed by atoms with Crippen molar-refractivity contribution in [3.8, 4) is 11.3 Å². The lowest BCUT2D eigenvalue weighted by Crippen LogP contribution is -2.51. The van der Waals surface area contributed by atoms with Gasteiger partial charge in [-0.25, -0.2) is 4.39 Å². The van der Waals surface area contributed by atoms with Crippen molar-refractivity contribution in [2.45, 2.75) is 57.7 Å². The molecule has 36 heavy (non-hydrogen) atoms. The summed E-state index contributed by atoms with van der Waals surface area (Å²) < 4.78 is 61.9. The number of H-pyrrole nitrogens is 1. The number of aromatic nitrogens is 2. The van der Waals surface area contributed by atoms with Gasteiger partial charge in [-0.1, -0.05) is 19.9 Å². The summed E-state index contributed by atoms with van der Waals surface area (Å²) in [6, 6.07) is 8.73. The highest BCUT2D eigenvalue weighted by atomic mass is 19.4. The van der Waals surface area contributed by atoms with Gasteiger partial charge < -0.3 is 14.5 Å². The van der Waals surface area contributed by atoms with Crippen LogP contribution in [0.2, 0.25) is 0 Å². The van der Waals surface area contributed by atoms with Crippen LogP contribution < -0.4 is 0 Å². The van der Waals surface area contributed by atoms with Gasteiger partial charge in [-0.15, -0.1) is 0 Å². The lowest BCUT2D eigenvalue weighted by atomic mass is 9.72. The summed E-state index contributed by atoms with van der Waals surface area (Å²) in [5.41, 5.74) is -1.68. The Kier molecular flexibility index (Phi) is 6.33. The molecule has 0 aliphatic carbocycles. The number of Topliss-reactive ketones (excluding diaryl/α,β-unsaturated/α-hetero) is 1. The van der Waals surface area contributed by atoms with Crippen molar-refractivity contribution < 1.29 is 31.9 Å². The molecule has 3 aromatic heterocycles. The van der Waals surface area contributed by atoms with Crippen molar-refractivity contribution in [1.29, 1.82) is 0 Å². The number of carbonyl (C=O) groups excluding carboxylic acids is 1. The van der Waals surface area contributed by atoms with Gasteiger partial charge >= 0.3 is 6.18 Å². The Morgan fingerprint density at radius 3 is 2.53 bits per heavy atom. The van der Waals surface area contributed by atoms with E-state index < -0.39 is 35.9 Å². The number of aromatic amines is 1. The number of halogens is 4. The van der Waals surface area contributed by atoms with E-state index >= 15 is 0 Å². The van der Waals surface area contributed by atoms with Crippen LogP contribution in [0.15, 0.2) is 53.3 Å². The number of benzene rings is 1. The van der Waals surface area contributed by atoms with E-state index in [0.717, 1.165) is 0 Å². The first-order valence-electron chi connectivity index (χ1n) is 11.3. The highest BCUT2D eigenvalue weighted by Crippen LogP contribution is 2.44. The summed E-state index contributed by atoms with van der Waals surface area (Å²) in [4.78, 5) is 19.0. The van der Waals surface area contributed by atoms with Gasteiger partial charge in [0, 0.05) is 30.0 Å². The van der Waals surface area contributed by atoms with E-state index in [1.807, 2.05) is 0 Å². The number of ketones is 1. The number of rotatable bonds is 7. The predicted molar refractivity (Wildman–Crippen MR) is 127 cm³/mol. The summed E-state index contributed by atoms with van der Waals surface area (Å²) in [5.74, 6) is -0.694. The number of pyridine rings is 1. The molecule has 4 rings (SSSR count). The van der Waals surface area contributed by atoms with Crippen LogP contribution in [0.3, 0.4) is 0 Å². The SMILES string of the molecule is CC(=O)c1occc1-c1cc2cc(CC(O)(CC(C)(C)c3cc(F)ccc3C)C(F)(F)F)[nH]c2cn1. The summed E-state index contributed by atoms with van der Waals surface area (Å²) in [6.45, 7) is 6.18. The molecule has 0 aliphatic rings. The van der Waals surface area contributed by atoms with Gasteiger partial charge in [0.1, 0.15) is 5.82 Å². The van der Waals surface area contributed by atoms with Gasteiger partial charge in [0.15, 0.2) is 17.1 Å². The largest absolute Gasteiger partial charge is 0.461 e. The molecule has 4 aromatic rings. The fourth-order valence-corrected chi connectivity index (χ4v) is 4.85. The highest BCUT2D eigenvalue weighted by molar-refractivity contribution is 5.98.